The van der Waals surface area contributed by atoms with Crippen molar-refractivity contribution >= 4 is 39.4 Å². The van der Waals surface area contributed by atoms with Gasteiger partial charge < -0.3 is 15.3 Å². The monoisotopic (exact) mass is 503 g/mol. The molecule has 0 unspecified atom stereocenters. The van der Waals surface area contributed by atoms with Crippen molar-refractivity contribution in [3.05, 3.63) is 40.8 Å². The molecule has 8 atom stereocenters. The Balaban J connectivity index is 1.54. The third-order valence-electron chi connectivity index (χ3n) is 9.76. The summed E-state index contributed by atoms with van der Waals surface area (Å²) in [6.07, 6.45) is 7.79. The number of aliphatic hydroxyl groups is 3. The van der Waals surface area contributed by atoms with Gasteiger partial charge in [-0.25, -0.2) is 4.99 Å². The number of hydrogen-bond donors (Lipinski definition) is 3. The standard InChI is InChI=1S/C27H34ClNO4S/c1-15-9-23(34-14-15)29-18-7-8-24(3)17(11-18)5-6-19-20-10-16(2)27(33,22(32)13-30)25(20,4)12-21(31)26(19,24)28/h7-9,11,14,16,19-21,30-31,33H,5-6,10,12-13H2,1-4H3/b29-18+/t16-,19-,20-,21-,24-,25-,26-,27-/m0/s1. The van der Waals surface area contributed by atoms with Crippen LogP contribution in [0.2, 0.25) is 0 Å². The molecule has 0 amide bonds. The van der Waals surface area contributed by atoms with Crippen LogP contribution in [-0.2, 0) is 4.79 Å². The van der Waals surface area contributed by atoms with Crippen molar-refractivity contribution in [3.8, 4) is 0 Å². The number of aryl methyl sites for hydroxylation is 1. The van der Waals surface area contributed by atoms with E-state index >= 15 is 0 Å². The number of allylic oxidation sites excluding steroid dienone is 4. The summed E-state index contributed by atoms with van der Waals surface area (Å²) in [5, 5.41) is 36.0. The topological polar surface area (TPSA) is 90.1 Å². The largest absolute Gasteiger partial charge is 0.391 e. The Hall–Kier alpha value is -1.31. The Labute approximate surface area is 210 Å². The fourth-order valence-electron chi connectivity index (χ4n) is 7.94. The van der Waals surface area contributed by atoms with Gasteiger partial charge in [0.2, 0.25) is 0 Å². The van der Waals surface area contributed by atoms with Crippen LogP contribution >= 0.6 is 22.9 Å². The van der Waals surface area contributed by atoms with E-state index in [0.717, 1.165) is 23.6 Å². The van der Waals surface area contributed by atoms with Crippen LogP contribution in [0.5, 0.6) is 0 Å². The number of ketones is 1. The lowest BCUT2D eigenvalue weighted by atomic mass is 9.45. The fraction of sp³-hybridized carbons (Fsp3) is 0.630. The van der Waals surface area contributed by atoms with Gasteiger partial charge in [0.25, 0.3) is 0 Å². The number of alkyl halides is 1. The molecule has 184 valence electrons. The molecule has 4 aliphatic carbocycles. The highest BCUT2D eigenvalue weighted by molar-refractivity contribution is 7.14. The van der Waals surface area contributed by atoms with Crippen LogP contribution < -0.4 is 0 Å². The number of hydrogen-bond acceptors (Lipinski definition) is 6. The maximum absolute atomic E-state index is 12.8. The summed E-state index contributed by atoms with van der Waals surface area (Å²) in [5.74, 6) is -0.965. The van der Waals surface area contributed by atoms with Crippen molar-refractivity contribution < 1.29 is 20.1 Å². The predicted octanol–water partition coefficient (Wildman–Crippen LogP) is 4.74. The molecule has 1 heterocycles. The molecule has 0 radical (unpaired) electrons. The van der Waals surface area contributed by atoms with Crippen LogP contribution in [0.3, 0.4) is 0 Å². The zero-order valence-electron chi connectivity index (χ0n) is 20.2. The average Bonchev–Trinajstić information content (AvgIpc) is 3.28. The molecule has 7 heteroatoms. The first-order valence-electron chi connectivity index (χ1n) is 12.2. The summed E-state index contributed by atoms with van der Waals surface area (Å²) in [6.45, 7) is 7.25. The second-order valence-corrected chi connectivity index (χ2v) is 12.9. The minimum Gasteiger partial charge on any atom is -0.391 e. The van der Waals surface area contributed by atoms with Crippen LogP contribution in [0.1, 0.15) is 52.0 Å². The van der Waals surface area contributed by atoms with E-state index in [9.17, 15) is 20.1 Å². The number of rotatable bonds is 3. The molecule has 4 aliphatic rings. The molecular formula is C27H34ClNO4S. The van der Waals surface area contributed by atoms with Gasteiger partial charge in [-0.3, -0.25) is 4.79 Å². The molecule has 3 fully saturated rings. The Morgan fingerprint density at radius 2 is 2.06 bits per heavy atom. The first-order valence-corrected chi connectivity index (χ1v) is 13.4. The summed E-state index contributed by atoms with van der Waals surface area (Å²) in [6, 6.07) is 2.07. The Kier molecular flexibility index (Phi) is 5.63. The van der Waals surface area contributed by atoms with Crippen molar-refractivity contribution in [1.29, 1.82) is 0 Å². The van der Waals surface area contributed by atoms with Crippen molar-refractivity contribution in [2.24, 2.45) is 33.6 Å². The van der Waals surface area contributed by atoms with Gasteiger partial charge in [0.15, 0.2) is 5.78 Å². The molecule has 0 saturated heterocycles. The highest BCUT2D eigenvalue weighted by Crippen LogP contribution is 2.71. The lowest BCUT2D eigenvalue weighted by molar-refractivity contribution is -0.179. The first kappa shape index (κ1) is 24.4. The molecule has 34 heavy (non-hydrogen) atoms. The summed E-state index contributed by atoms with van der Waals surface area (Å²) in [5.41, 5.74) is 0.191. The zero-order valence-corrected chi connectivity index (χ0v) is 21.8. The average molecular weight is 504 g/mol. The van der Waals surface area contributed by atoms with Gasteiger partial charge in [0.1, 0.15) is 17.2 Å². The van der Waals surface area contributed by atoms with E-state index in [0.29, 0.717) is 6.42 Å². The molecule has 1 aromatic heterocycles. The summed E-state index contributed by atoms with van der Waals surface area (Å²) in [7, 11) is 0. The Bertz CT molecular complexity index is 1130. The number of fused-ring (bicyclic) bond motifs is 5. The van der Waals surface area contributed by atoms with Gasteiger partial charge in [-0.2, -0.15) is 0 Å². The Morgan fingerprint density at radius 3 is 2.71 bits per heavy atom. The number of thiophene rings is 1. The number of carbonyl (C=O) groups excluding carboxylic acids is 1. The molecule has 5 nitrogen and oxygen atoms in total. The molecule has 0 bridgehead atoms. The van der Waals surface area contributed by atoms with Gasteiger partial charge in [0, 0.05) is 10.8 Å². The molecule has 0 spiro atoms. The maximum Gasteiger partial charge on any atom is 0.190 e. The molecule has 3 saturated carbocycles. The Morgan fingerprint density at radius 1 is 1.32 bits per heavy atom. The number of nitrogens with zero attached hydrogens (tertiary/aromatic N) is 1. The smallest absolute Gasteiger partial charge is 0.190 e. The molecular weight excluding hydrogens is 470 g/mol. The summed E-state index contributed by atoms with van der Waals surface area (Å²) in [4.78, 5) is 16.6. The van der Waals surface area contributed by atoms with Crippen molar-refractivity contribution in [1.82, 2.24) is 0 Å². The van der Waals surface area contributed by atoms with Gasteiger partial charge in [-0.05, 0) is 79.5 Å². The molecule has 5 rings (SSSR count). The minimum absolute atomic E-state index is 0.0279. The van der Waals surface area contributed by atoms with E-state index < -0.39 is 39.8 Å². The van der Waals surface area contributed by atoms with Crippen LogP contribution in [0.15, 0.2) is 40.2 Å². The molecule has 0 aliphatic heterocycles. The first-order chi connectivity index (χ1) is 15.9. The number of halogens is 1. The lowest BCUT2D eigenvalue weighted by Crippen LogP contribution is -2.69. The van der Waals surface area contributed by atoms with Crippen LogP contribution in [0, 0.1) is 35.5 Å². The van der Waals surface area contributed by atoms with Gasteiger partial charge in [-0.15, -0.1) is 22.9 Å². The van der Waals surface area contributed by atoms with Crippen molar-refractivity contribution in [2.75, 3.05) is 6.61 Å². The number of carbonyl (C=O) groups is 1. The molecule has 3 N–H and O–H groups in total. The second-order valence-electron chi connectivity index (χ2n) is 11.3. The fourth-order valence-corrected chi connectivity index (χ4v) is 9.25. The molecule has 0 aromatic carbocycles. The number of aliphatic hydroxyl groups excluding tert-OH is 2. The van der Waals surface area contributed by atoms with E-state index in [4.69, 9.17) is 16.6 Å². The second kappa shape index (κ2) is 7.84. The zero-order chi connectivity index (χ0) is 24.7. The SMILES string of the molecule is Cc1csc(/N=C2\C=C[C@@]3(C)C(=C2)CC[C@H]2[C@@H]4C[C@H](C)[C@](O)(C(=O)CO)[C@@]4(C)C[C@H](O)[C@@]23Cl)c1. The van der Waals surface area contributed by atoms with E-state index in [-0.39, 0.29) is 24.2 Å². The highest BCUT2D eigenvalue weighted by Gasteiger charge is 2.74. The maximum atomic E-state index is 12.8. The number of Topliss-reactive ketones (excluding diaryl/α,β-unsaturated/α-hetero) is 1. The third-order valence-corrected chi connectivity index (χ3v) is 11.6. The van der Waals surface area contributed by atoms with E-state index in [2.05, 4.69) is 37.4 Å². The van der Waals surface area contributed by atoms with E-state index in [1.165, 1.54) is 11.1 Å². The van der Waals surface area contributed by atoms with Gasteiger partial charge in [0.05, 0.1) is 16.7 Å². The minimum atomic E-state index is -1.66. The predicted molar refractivity (Wildman–Crippen MR) is 136 cm³/mol. The van der Waals surface area contributed by atoms with E-state index in [1.54, 1.807) is 11.3 Å². The summed E-state index contributed by atoms with van der Waals surface area (Å²) < 4.78 is 0. The van der Waals surface area contributed by atoms with Crippen LogP contribution in [-0.4, -0.2) is 50.0 Å². The normalized spacial score (nSPS) is 46.6. The third kappa shape index (κ3) is 2.95. The summed E-state index contributed by atoms with van der Waals surface area (Å²) >= 11 is 9.16. The molecule has 1 aromatic rings. The van der Waals surface area contributed by atoms with Crippen molar-refractivity contribution in [2.45, 2.75) is 70.0 Å². The highest BCUT2D eigenvalue weighted by atomic mass is 35.5. The van der Waals surface area contributed by atoms with Gasteiger partial charge in [-0.1, -0.05) is 32.4 Å². The number of aliphatic imine (C=N–C) groups is 1. The van der Waals surface area contributed by atoms with Crippen molar-refractivity contribution in [3.63, 3.8) is 0 Å². The van der Waals surface area contributed by atoms with E-state index in [1.807, 2.05) is 19.9 Å². The quantitative estimate of drug-likeness (QED) is 0.520. The van der Waals surface area contributed by atoms with Gasteiger partial charge >= 0.3 is 0 Å². The van der Waals surface area contributed by atoms with Crippen LogP contribution in [0.25, 0.3) is 0 Å². The van der Waals surface area contributed by atoms with Crippen LogP contribution in [0.4, 0.5) is 5.00 Å². The lowest BCUT2D eigenvalue weighted by Gasteiger charge is -2.64.